The molecule has 11 aromatic rings. The molecule has 2 aliphatic carbocycles. The summed E-state index contributed by atoms with van der Waals surface area (Å²) >= 11 is 1.91. The van der Waals surface area contributed by atoms with Crippen molar-refractivity contribution in [1.29, 1.82) is 0 Å². The van der Waals surface area contributed by atoms with Gasteiger partial charge in [0.2, 0.25) is 0 Å². The molecule has 15 rings (SSSR count). The first-order valence-electron chi connectivity index (χ1n) is 25.1. The Labute approximate surface area is 408 Å². The molecule has 69 heavy (non-hydrogen) atoms. The van der Waals surface area contributed by atoms with Gasteiger partial charge < -0.3 is 13.8 Å². The maximum atomic E-state index is 6.69. The van der Waals surface area contributed by atoms with E-state index >= 15 is 0 Å². The second-order valence-corrected chi connectivity index (χ2v) is 25.1. The van der Waals surface area contributed by atoms with Gasteiger partial charge in [-0.3, -0.25) is 0 Å². The molecule has 0 unspecified atom stereocenters. The van der Waals surface area contributed by atoms with Crippen molar-refractivity contribution in [2.45, 2.75) is 104 Å². The number of rotatable bonds is 1. The maximum Gasteiger partial charge on any atom is 0.333 e. The van der Waals surface area contributed by atoms with Crippen molar-refractivity contribution in [2.24, 2.45) is 0 Å². The van der Waals surface area contributed by atoms with Crippen molar-refractivity contribution in [3.8, 4) is 27.9 Å². The van der Waals surface area contributed by atoms with Crippen LogP contribution in [0, 0.1) is 6.92 Å². The minimum Gasteiger partial charge on any atom is -0.456 e. The lowest BCUT2D eigenvalue weighted by Crippen LogP contribution is -2.60. The van der Waals surface area contributed by atoms with E-state index in [9.17, 15) is 0 Å². The fourth-order valence-corrected chi connectivity index (χ4v) is 14.9. The molecule has 5 heterocycles. The molecule has 2 aliphatic heterocycles. The number of thiophene rings is 1. The van der Waals surface area contributed by atoms with Crippen LogP contribution in [0.15, 0.2) is 132 Å². The molecule has 0 spiro atoms. The average Bonchev–Trinajstić information content (AvgIpc) is 4.04. The molecule has 5 heteroatoms. The molecule has 4 aliphatic rings. The Hall–Kier alpha value is -6.56. The van der Waals surface area contributed by atoms with Gasteiger partial charge in [-0.15, -0.1) is 11.3 Å². The third-order valence-corrected chi connectivity index (χ3v) is 18.8. The maximum absolute atomic E-state index is 6.69. The van der Waals surface area contributed by atoms with E-state index in [1.54, 1.807) is 0 Å². The van der Waals surface area contributed by atoms with E-state index in [0.29, 0.717) is 0 Å². The molecule has 336 valence electrons. The van der Waals surface area contributed by atoms with Crippen LogP contribution >= 0.6 is 11.3 Å². The molecule has 8 aromatic carbocycles. The monoisotopic (exact) mass is 910 g/mol. The van der Waals surface area contributed by atoms with Crippen LogP contribution in [-0.4, -0.2) is 11.4 Å². The highest BCUT2D eigenvalue weighted by Crippen LogP contribution is 2.58. The van der Waals surface area contributed by atoms with E-state index in [1.165, 1.54) is 144 Å². The van der Waals surface area contributed by atoms with Gasteiger partial charge in [0.1, 0.15) is 11.2 Å². The van der Waals surface area contributed by atoms with E-state index < -0.39 is 0 Å². The van der Waals surface area contributed by atoms with Gasteiger partial charge in [0, 0.05) is 75.8 Å². The Morgan fingerprint density at radius 1 is 0.565 bits per heavy atom. The summed E-state index contributed by atoms with van der Waals surface area (Å²) in [6.45, 7) is 24.1. The Balaban J connectivity index is 1.10. The minimum absolute atomic E-state index is 0.0285. The van der Waals surface area contributed by atoms with Crippen LogP contribution in [0.5, 0.6) is 0 Å². The van der Waals surface area contributed by atoms with Crippen LogP contribution in [0.4, 0.5) is 11.4 Å². The van der Waals surface area contributed by atoms with Crippen molar-refractivity contribution >= 4 is 104 Å². The molecular formula is C64H55BN2OS. The summed E-state index contributed by atoms with van der Waals surface area (Å²) in [5.41, 5.74) is 25.0. The van der Waals surface area contributed by atoms with Crippen LogP contribution in [0.1, 0.15) is 109 Å². The second-order valence-electron chi connectivity index (χ2n) is 24.0. The number of aryl methyl sites for hydroxylation is 1. The van der Waals surface area contributed by atoms with Gasteiger partial charge in [0.05, 0.1) is 11.0 Å². The molecule has 0 saturated carbocycles. The smallest absolute Gasteiger partial charge is 0.333 e. The van der Waals surface area contributed by atoms with Gasteiger partial charge in [0.15, 0.2) is 0 Å². The fraction of sp³-hybridized carbons (Fsp3) is 0.250. The molecule has 0 fully saturated rings. The van der Waals surface area contributed by atoms with Crippen molar-refractivity contribution in [2.75, 3.05) is 4.81 Å². The zero-order chi connectivity index (χ0) is 47.0. The van der Waals surface area contributed by atoms with Gasteiger partial charge in [-0.25, -0.2) is 0 Å². The number of anilines is 2. The van der Waals surface area contributed by atoms with Crippen LogP contribution in [-0.2, 0) is 21.7 Å². The second kappa shape index (κ2) is 12.8. The summed E-state index contributed by atoms with van der Waals surface area (Å²) in [5.74, 6) is 0. The summed E-state index contributed by atoms with van der Waals surface area (Å²) in [4.78, 5) is 2.75. The quantitative estimate of drug-likeness (QED) is 0.153. The topological polar surface area (TPSA) is 21.3 Å². The van der Waals surface area contributed by atoms with E-state index in [0.717, 1.165) is 16.6 Å². The molecule has 0 amide bonds. The lowest BCUT2D eigenvalue weighted by atomic mass is 9.43. The Morgan fingerprint density at radius 3 is 2.01 bits per heavy atom. The number of aromatic nitrogens is 1. The average molecular weight is 911 g/mol. The summed E-state index contributed by atoms with van der Waals surface area (Å²) < 4.78 is 12.0. The van der Waals surface area contributed by atoms with E-state index in [-0.39, 0.29) is 28.5 Å². The number of nitrogens with zero attached hydrogens (tertiary/aromatic N) is 2. The van der Waals surface area contributed by atoms with Crippen molar-refractivity contribution in [1.82, 2.24) is 4.57 Å². The van der Waals surface area contributed by atoms with Gasteiger partial charge in [-0.05, 0) is 152 Å². The van der Waals surface area contributed by atoms with Crippen LogP contribution < -0.4 is 15.7 Å². The third-order valence-electron chi connectivity index (χ3n) is 17.7. The third kappa shape index (κ3) is 5.09. The molecule has 3 aromatic heterocycles. The first-order chi connectivity index (χ1) is 33.0. The number of fused-ring (bicyclic) bond motifs is 18. The Bertz CT molecular complexity index is 4170. The Kier molecular flexibility index (Phi) is 7.48. The summed E-state index contributed by atoms with van der Waals surface area (Å²) in [7, 11) is 0. The zero-order valence-corrected chi connectivity index (χ0v) is 42.1. The molecule has 0 saturated heterocycles. The highest BCUT2D eigenvalue weighted by atomic mass is 32.1. The number of hydrogen-bond acceptors (Lipinski definition) is 3. The van der Waals surface area contributed by atoms with Gasteiger partial charge >= 0.3 is 6.85 Å². The highest BCUT2D eigenvalue weighted by Gasteiger charge is 2.48. The predicted molar refractivity (Wildman–Crippen MR) is 296 cm³/mol. The molecular weight excluding hydrogens is 856 g/mol. The SMILES string of the molecule is Cc1cc2c3c4c1c1cc5c(cc1n4-c1cc4sc6ccccc6c4cc1B3N(c1ccc(C(C)(C)C)cc1)c1cc3c(cc1-2)C(C)(C)c1cc2c(cc1-3)C(C)(C)CCC2(C)C)oc1ccccc15. The van der Waals surface area contributed by atoms with Gasteiger partial charge in [0.25, 0.3) is 0 Å². The van der Waals surface area contributed by atoms with Gasteiger partial charge in [-0.2, -0.15) is 0 Å². The summed E-state index contributed by atoms with van der Waals surface area (Å²) in [5, 5.41) is 7.59. The normalized spacial score (nSPS) is 17.0. The lowest BCUT2D eigenvalue weighted by Gasteiger charge is -2.43. The zero-order valence-electron chi connectivity index (χ0n) is 41.3. The predicted octanol–water partition coefficient (Wildman–Crippen LogP) is 16.6. The molecule has 0 bridgehead atoms. The standard InChI is InChI=1S/C64H55BN2OS/c1-34-25-44-41-28-46-40(39-27-48-49(31-47(39)64(46,9)10)63(7,8)24-23-62(48,5)6)30-52(41)67(36-21-19-35(20-22-36)61(2,3)4)65-50-29-43-38-16-12-14-18-56(38)69-57(43)33-53(50)66-51-32-55-42(37-15-11-13-17-54(37)68-55)26-45(51)58(34)60(66)59(44)65/h11-22,25-33H,23-24H2,1-10H3. The molecule has 0 atom stereocenters. The number of hydrogen-bond donors (Lipinski definition) is 0. The fourth-order valence-electron chi connectivity index (χ4n) is 13.8. The van der Waals surface area contributed by atoms with Gasteiger partial charge in [-0.1, -0.05) is 129 Å². The Morgan fingerprint density at radius 2 is 1.25 bits per heavy atom. The van der Waals surface area contributed by atoms with Crippen LogP contribution in [0.3, 0.4) is 0 Å². The van der Waals surface area contributed by atoms with E-state index in [1.807, 2.05) is 11.3 Å². The minimum atomic E-state index is -0.178. The van der Waals surface area contributed by atoms with Crippen LogP contribution in [0.2, 0.25) is 0 Å². The first-order valence-corrected chi connectivity index (χ1v) is 26.0. The van der Waals surface area contributed by atoms with E-state index in [2.05, 4.69) is 206 Å². The number of benzene rings is 8. The summed E-state index contributed by atoms with van der Waals surface area (Å²) in [6, 6.07) is 50.0. The van der Waals surface area contributed by atoms with Crippen molar-refractivity contribution < 1.29 is 4.42 Å². The number of para-hydroxylation sites is 1. The van der Waals surface area contributed by atoms with Crippen molar-refractivity contribution in [3.05, 3.63) is 161 Å². The number of furan rings is 1. The molecule has 0 radical (unpaired) electrons. The first kappa shape index (κ1) is 40.3. The largest absolute Gasteiger partial charge is 0.456 e. The van der Waals surface area contributed by atoms with Crippen molar-refractivity contribution in [3.63, 3.8) is 0 Å². The van der Waals surface area contributed by atoms with Crippen LogP contribution in [0.25, 0.3) is 91.9 Å². The molecule has 3 nitrogen and oxygen atoms in total. The highest BCUT2D eigenvalue weighted by molar-refractivity contribution is 7.26. The van der Waals surface area contributed by atoms with E-state index in [4.69, 9.17) is 4.42 Å². The molecule has 0 N–H and O–H groups in total. The lowest BCUT2D eigenvalue weighted by molar-refractivity contribution is 0.331. The summed E-state index contributed by atoms with van der Waals surface area (Å²) in [6.07, 6.45) is 2.40.